The van der Waals surface area contributed by atoms with Crippen LogP contribution in [0.1, 0.15) is 76.5 Å². The van der Waals surface area contributed by atoms with Gasteiger partial charge < -0.3 is 9.53 Å². The molecule has 2 fully saturated rings. The van der Waals surface area contributed by atoms with E-state index in [1.807, 2.05) is 32.9 Å². The second kappa shape index (κ2) is 10.6. The van der Waals surface area contributed by atoms with E-state index in [1.165, 1.54) is 6.07 Å². The van der Waals surface area contributed by atoms with E-state index in [-0.39, 0.29) is 35.2 Å². The zero-order valence-corrected chi connectivity index (χ0v) is 21.7. The van der Waals surface area contributed by atoms with Crippen molar-refractivity contribution in [1.82, 2.24) is 15.0 Å². The van der Waals surface area contributed by atoms with E-state index in [9.17, 15) is 14.0 Å². The van der Waals surface area contributed by atoms with Crippen LogP contribution < -0.4 is 4.74 Å². The fraction of sp³-hybridized carbons (Fsp3) is 0.500. The predicted molar refractivity (Wildman–Crippen MR) is 140 cm³/mol. The number of nitrogens with zero attached hydrogens (tertiary/aromatic N) is 3. The molecule has 0 radical (unpaired) electrons. The van der Waals surface area contributed by atoms with E-state index in [1.54, 1.807) is 12.3 Å². The third kappa shape index (κ3) is 4.53. The average Bonchev–Trinajstić information content (AvgIpc) is 3.44. The fourth-order valence-corrected chi connectivity index (χ4v) is 6.40. The predicted octanol–water partition coefficient (Wildman–Crippen LogP) is 6.25. The Kier molecular flexibility index (Phi) is 7.31. The summed E-state index contributed by atoms with van der Waals surface area (Å²) in [7, 11) is 0. The van der Waals surface area contributed by atoms with Gasteiger partial charge in [0.25, 0.3) is 0 Å². The van der Waals surface area contributed by atoms with Crippen LogP contribution in [0.3, 0.4) is 0 Å². The lowest BCUT2D eigenvalue weighted by Crippen LogP contribution is -2.41. The maximum Gasteiger partial charge on any atom is 0.220 e. The largest absolute Gasteiger partial charge is 0.474 e. The van der Waals surface area contributed by atoms with Crippen molar-refractivity contribution in [2.24, 2.45) is 17.8 Å². The van der Waals surface area contributed by atoms with Gasteiger partial charge in [-0.25, -0.2) is 9.37 Å². The molecule has 3 aromatic rings. The van der Waals surface area contributed by atoms with Gasteiger partial charge in [0, 0.05) is 34.5 Å². The molecule has 0 aliphatic heterocycles. The Morgan fingerprint density at radius 3 is 2.62 bits per heavy atom. The molecule has 0 amide bonds. The van der Waals surface area contributed by atoms with Crippen molar-refractivity contribution in [3.63, 3.8) is 0 Å². The Hall–Kier alpha value is -3.22. The Morgan fingerprint density at radius 1 is 1.08 bits per heavy atom. The number of ether oxygens (including phenoxy) is 1. The minimum atomic E-state index is -0.606. The SMILES string of the molecule is CC.CC1C(=O)C(C=O)CC2c3nc(-c4ccnc5c(F)cccc45)nc(OC4CCCC4)c3CCC12. The molecule has 2 saturated carbocycles. The van der Waals surface area contributed by atoms with Crippen LogP contribution in [-0.2, 0) is 16.0 Å². The van der Waals surface area contributed by atoms with Crippen LogP contribution >= 0.6 is 0 Å². The van der Waals surface area contributed by atoms with Crippen LogP contribution in [-0.4, -0.2) is 33.1 Å². The summed E-state index contributed by atoms with van der Waals surface area (Å²) in [6.07, 6.45) is 8.85. The number of aldehydes is 1. The summed E-state index contributed by atoms with van der Waals surface area (Å²) in [5.74, 6) is 0.0529. The number of aromatic nitrogens is 3. The number of halogens is 1. The molecule has 4 unspecified atom stereocenters. The van der Waals surface area contributed by atoms with Crippen LogP contribution in [0.2, 0.25) is 0 Å². The van der Waals surface area contributed by atoms with Gasteiger partial charge in [0.1, 0.15) is 29.5 Å². The molecule has 0 spiro atoms. The summed E-state index contributed by atoms with van der Waals surface area (Å²) in [5.41, 5.74) is 2.85. The van der Waals surface area contributed by atoms with Crippen molar-refractivity contribution >= 4 is 23.0 Å². The molecule has 0 N–H and O–H groups in total. The van der Waals surface area contributed by atoms with Gasteiger partial charge >= 0.3 is 0 Å². The first-order chi connectivity index (χ1) is 18.0. The molecule has 0 saturated heterocycles. The van der Waals surface area contributed by atoms with Crippen molar-refractivity contribution in [3.8, 4) is 17.3 Å². The molecule has 3 aliphatic rings. The monoisotopic (exact) mass is 503 g/mol. The van der Waals surface area contributed by atoms with Crippen LogP contribution in [0.15, 0.2) is 30.5 Å². The second-order valence-corrected chi connectivity index (χ2v) is 10.2. The first kappa shape index (κ1) is 25.4. The van der Waals surface area contributed by atoms with Gasteiger partial charge in [-0.1, -0.05) is 32.9 Å². The zero-order valence-electron chi connectivity index (χ0n) is 21.7. The Balaban J connectivity index is 0.00000137. The van der Waals surface area contributed by atoms with Crippen LogP contribution in [0, 0.1) is 23.6 Å². The minimum Gasteiger partial charge on any atom is -0.474 e. The lowest BCUT2D eigenvalue weighted by Gasteiger charge is -2.41. The van der Waals surface area contributed by atoms with Gasteiger partial charge in [-0.2, -0.15) is 4.98 Å². The molecule has 37 heavy (non-hydrogen) atoms. The van der Waals surface area contributed by atoms with E-state index < -0.39 is 11.7 Å². The number of benzene rings is 1. The fourth-order valence-electron chi connectivity index (χ4n) is 6.40. The average molecular weight is 504 g/mol. The number of carbonyl (C=O) groups is 2. The molecule has 7 heteroatoms. The Bertz CT molecular complexity index is 1320. The second-order valence-electron chi connectivity index (χ2n) is 10.2. The number of para-hydroxylation sites is 1. The number of rotatable bonds is 4. The van der Waals surface area contributed by atoms with Crippen LogP contribution in [0.5, 0.6) is 5.88 Å². The first-order valence-corrected chi connectivity index (χ1v) is 13.6. The maximum absolute atomic E-state index is 14.5. The highest BCUT2D eigenvalue weighted by molar-refractivity contribution is 5.96. The van der Waals surface area contributed by atoms with Gasteiger partial charge in [-0.15, -0.1) is 0 Å². The van der Waals surface area contributed by atoms with E-state index in [0.717, 1.165) is 56.1 Å². The smallest absolute Gasteiger partial charge is 0.220 e. The van der Waals surface area contributed by atoms with Gasteiger partial charge in [0.15, 0.2) is 5.82 Å². The molecule has 194 valence electrons. The first-order valence-electron chi connectivity index (χ1n) is 13.6. The summed E-state index contributed by atoms with van der Waals surface area (Å²) in [6.45, 7) is 5.94. The van der Waals surface area contributed by atoms with Crippen LogP contribution in [0.25, 0.3) is 22.3 Å². The molecule has 4 atom stereocenters. The van der Waals surface area contributed by atoms with E-state index >= 15 is 0 Å². The highest BCUT2D eigenvalue weighted by atomic mass is 19.1. The zero-order chi connectivity index (χ0) is 26.1. The van der Waals surface area contributed by atoms with Gasteiger partial charge in [-0.3, -0.25) is 9.78 Å². The number of Topliss-reactive ketones (excluding diaryl/α,β-unsaturated/α-hetero) is 1. The van der Waals surface area contributed by atoms with Crippen molar-refractivity contribution in [3.05, 3.63) is 47.5 Å². The quantitative estimate of drug-likeness (QED) is 0.309. The number of ketones is 1. The molecule has 1 aromatic carbocycles. The summed E-state index contributed by atoms with van der Waals surface area (Å²) in [4.78, 5) is 38.7. The number of hydrogen-bond acceptors (Lipinski definition) is 6. The maximum atomic E-state index is 14.5. The van der Waals surface area contributed by atoms with Crippen molar-refractivity contribution in [1.29, 1.82) is 0 Å². The molecule has 2 heterocycles. The number of hydrogen-bond donors (Lipinski definition) is 0. The summed E-state index contributed by atoms with van der Waals surface area (Å²) >= 11 is 0. The molecule has 2 aromatic heterocycles. The standard InChI is InChI=1S/C28H28FN3O3.C2H6/c1-15-18-9-10-21-24(22(18)13-16(14-33)26(15)34)31-27(32-28(21)35-17-5-2-3-6-17)20-11-12-30-25-19(20)7-4-8-23(25)29;1-2/h4,7-8,11-12,14-18,22H,2-3,5-6,9-10,13H2,1H3;1-2H3. The third-order valence-electron chi connectivity index (χ3n) is 8.27. The van der Waals surface area contributed by atoms with Gasteiger partial charge in [0.05, 0.1) is 11.6 Å². The molecule has 6 nitrogen and oxygen atoms in total. The van der Waals surface area contributed by atoms with Crippen molar-refractivity contribution in [2.75, 3.05) is 0 Å². The topological polar surface area (TPSA) is 82.0 Å². The third-order valence-corrected chi connectivity index (χ3v) is 8.27. The van der Waals surface area contributed by atoms with Crippen molar-refractivity contribution < 1.29 is 18.7 Å². The molecule has 6 rings (SSSR count). The van der Waals surface area contributed by atoms with Crippen LogP contribution in [0.4, 0.5) is 4.39 Å². The number of carbonyl (C=O) groups excluding carboxylic acids is 2. The minimum absolute atomic E-state index is 0.0147. The lowest BCUT2D eigenvalue weighted by atomic mass is 9.62. The van der Waals surface area contributed by atoms with E-state index in [4.69, 9.17) is 14.7 Å². The number of pyridine rings is 1. The molecule has 3 aliphatic carbocycles. The van der Waals surface area contributed by atoms with E-state index in [2.05, 4.69) is 4.98 Å². The van der Waals surface area contributed by atoms with Gasteiger partial charge in [-0.05, 0) is 63.0 Å². The van der Waals surface area contributed by atoms with Crippen molar-refractivity contribution in [2.45, 2.75) is 77.7 Å². The summed E-state index contributed by atoms with van der Waals surface area (Å²) in [6, 6.07) is 6.69. The highest BCUT2D eigenvalue weighted by Gasteiger charge is 2.46. The summed E-state index contributed by atoms with van der Waals surface area (Å²) in [5, 5.41) is 0.643. The normalized spacial score (nSPS) is 25.1. The summed E-state index contributed by atoms with van der Waals surface area (Å²) < 4.78 is 21.0. The molecular weight excluding hydrogens is 469 g/mol. The molecule has 0 bridgehead atoms. The lowest BCUT2D eigenvalue weighted by molar-refractivity contribution is -0.135. The molecular formula is C30H34FN3O3. The van der Waals surface area contributed by atoms with Gasteiger partial charge in [0.2, 0.25) is 5.88 Å². The Morgan fingerprint density at radius 2 is 1.86 bits per heavy atom. The number of fused-ring (bicyclic) bond motifs is 4. The van der Waals surface area contributed by atoms with E-state index in [0.29, 0.717) is 29.1 Å². The highest BCUT2D eigenvalue weighted by Crippen LogP contribution is 2.49. The Labute approximate surface area is 217 Å².